The summed E-state index contributed by atoms with van der Waals surface area (Å²) in [5.41, 5.74) is -2.37. The zero-order chi connectivity index (χ0) is 15.0. The smallest absolute Gasteiger partial charge is 0.368 e. The molecule has 2 nitrogen and oxygen atoms in total. The van der Waals surface area contributed by atoms with Crippen LogP contribution in [0.15, 0.2) is 18.2 Å². The first-order valence-corrected chi connectivity index (χ1v) is 6.56. The van der Waals surface area contributed by atoms with Crippen LogP contribution < -0.4 is 10.2 Å². The first-order chi connectivity index (χ1) is 9.19. The maximum absolute atomic E-state index is 13.9. The summed E-state index contributed by atoms with van der Waals surface area (Å²) in [7, 11) is 0. The molecule has 2 rings (SSSR count). The second-order valence-electron chi connectivity index (χ2n) is 5.44. The third kappa shape index (κ3) is 3.23. The summed E-state index contributed by atoms with van der Waals surface area (Å²) >= 11 is 0. The summed E-state index contributed by atoms with van der Waals surface area (Å²) in [6.07, 6.45) is -4.48. The van der Waals surface area contributed by atoms with Crippen molar-refractivity contribution < 1.29 is 17.6 Å². The predicted molar refractivity (Wildman–Crippen MR) is 70.7 cm³/mol. The summed E-state index contributed by atoms with van der Waals surface area (Å²) in [6.45, 7) is 4.84. The van der Waals surface area contributed by atoms with Crippen LogP contribution in [0.3, 0.4) is 0 Å². The van der Waals surface area contributed by atoms with Crippen LogP contribution in [-0.4, -0.2) is 26.2 Å². The highest BCUT2D eigenvalue weighted by atomic mass is 19.4. The second kappa shape index (κ2) is 5.24. The summed E-state index contributed by atoms with van der Waals surface area (Å²) in [5, 5.41) is 3.10. The number of nitrogens with one attached hydrogen (secondary N) is 1. The lowest BCUT2D eigenvalue weighted by atomic mass is 9.96. The van der Waals surface area contributed by atoms with E-state index in [9.17, 15) is 17.6 Å². The zero-order valence-corrected chi connectivity index (χ0v) is 11.5. The van der Waals surface area contributed by atoms with Crippen molar-refractivity contribution in [3.8, 4) is 0 Å². The molecule has 1 fully saturated rings. The van der Waals surface area contributed by atoms with Crippen molar-refractivity contribution in [3.05, 3.63) is 29.3 Å². The third-order valence-corrected chi connectivity index (χ3v) is 3.45. The SMILES string of the molecule is CC(C)(F)c1ccc(N2CCNCC2)c(C(F)(F)F)c1. The lowest BCUT2D eigenvalue weighted by Crippen LogP contribution is -2.44. The van der Waals surface area contributed by atoms with Crippen molar-refractivity contribution in [2.45, 2.75) is 25.7 Å². The lowest BCUT2D eigenvalue weighted by Gasteiger charge is -2.32. The highest BCUT2D eigenvalue weighted by Crippen LogP contribution is 2.39. The van der Waals surface area contributed by atoms with E-state index in [2.05, 4.69) is 5.32 Å². The Bertz CT molecular complexity index is 471. The minimum atomic E-state index is -4.48. The lowest BCUT2D eigenvalue weighted by molar-refractivity contribution is -0.137. The van der Waals surface area contributed by atoms with E-state index in [0.29, 0.717) is 26.2 Å². The summed E-state index contributed by atoms with van der Waals surface area (Å²) in [4.78, 5) is 1.69. The van der Waals surface area contributed by atoms with E-state index in [0.717, 1.165) is 6.07 Å². The summed E-state index contributed by atoms with van der Waals surface area (Å²) in [6, 6.07) is 3.74. The maximum atomic E-state index is 13.9. The quantitative estimate of drug-likeness (QED) is 0.841. The van der Waals surface area contributed by atoms with Gasteiger partial charge in [0.25, 0.3) is 0 Å². The molecular formula is C14H18F4N2. The van der Waals surface area contributed by atoms with E-state index < -0.39 is 17.4 Å². The second-order valence-corrected chi connectivity index (χ2v) is 5.44. The van der Waals surface area contributed by atoms with Gasteiger partial charge in [0.2, 0.25) is 0 Å². The molecule has 0 saturated carbocycles. The van der Waals surface area contributed by atoms with Gasteiger partial charge < -0.3 is 10.2 Å². The molecule has 1 aromatic rings. The molecule has 0 bridgehead atoms. The Morgan fingerprint density at radius 1 is 1.05 bits per heavy atom. The predicted octanol–water partition coefficient (Wildman–Crippen LogP) is 3.32. The molecular weight excluding hydrogens is 272 g/mol. The number of rotatable bonds is 2. The Balaban J connectivity index is 2.45. The molecule has 0 aromatic heterocycles. The fraction of sp³-hybridized carbons (Fsp3) is 0.571. The molecule has 1 aliphatic rings. The molecule has 1 saturated heterocycles. The topological polar surface area (TPSA) is 15.3 Å². The Hall–Kier alpha value is -1.30. The first kappa shape index (κ1) is 15.1. The number of nitrogens with zero attached hydrogens (tertiary/aromatic N) is 1. The van der Waals surface area contributed by atoms with E-state index in [-0.39, 0.29) is 11.3 Å². The van der Waals surface area contributed by atoms with Gasteiger partial charge in [-0.3, -0.25) is 0 Å². The van der Waals surface area contributed by atoms with E-state index in [1.807, 2.05) is 0 Å². The standard InChI is InChI=1S/C14H18F4N2/c1-13(2,15)10-3-4-12(11(9-10)14(16,17)18)20-7-5-19-6-8-20/h3-4,9,19H,5-8H2,1-2H3. The van der Waals surface area contributed by atoms with Crippen LogP contribution in [0.2, 0.25) is 0 Å². The number of halogens is 4. The summed E-state index contributed by atoms with van der Waals surface area (Å²) in [5.74, 6) is 0. The van der Waals surface area contributed by atoms with Gasteiger partial charge in [0.1, 0.15) is 5.67 Å². The Labute approximate surface area is 115 Å². The van der Waals surface area contributed by atoms with Crippen LogP contribution in [-0.2, 0) is 11.8 Å². The zero-order valence-electron chi connectivity index (χ0n) is 11.5. The molecule has 112 valence electrons. The average Bonchev–Trinajstić information content (AvgIpc) is 2.37. The number of piperazine rings is 1. The molecule has 6 heteroatoms. The Morgan fingerprint density at radius 3 is 2.15 bits per heavy atom. The Kier molecular flexibility index (Phi) is 3.95. The highest BCUT2D eigenvalue weighted by Gasteiger charge is 2.36. The monoisotopic (exact) mass is 290 g/mol. The van der Waals surface area contributed by atoms with Crippen LogP contribution in [0.1, 0.15) is 25.0 Å². The van der Waals surface area contributed by atoms with Crippen LogP contribution in [0.4, 0.5) is 23.2 Å². The number of anilines is 1. The van der Waals surface area contributed by atoms with Gasteiger partial charge in [-0.05, 0) is 31.5 Å². The van der Waals surface area contributed by atoms with Crippen molar-refractivity contribution in [2.75, 3.05) is 31.1 Å². The maximum Gasteiger partial charge on any atom is 0.418 e. The molecule has 20 heavy (non-hydrogen) atoms. The molecule has 1 aromatic carbocycles. The molecule has 1 heterocycles. The van der Waals surface area contributed by atoms with E-state index >= 15 is 0 Å². The molecule has 0 amide bonds. The Morgan fingerprint density at radius 2 is 1.65 bits per heavy atom. The average molecular weight is 290 g/mol. The van der Waals surface area contributed by atoms with Gasteiger partial charge in [-0.2, -0.15) is 13.2 Å². The van der Waals surface area contributed by atoms with Crippen molar-refractivity contribution in [1.82, 2.24) is 5.32 Å². The van der Waals surface area contributed by atoms with Gasteiger partial charge in [0.15, 0.2) is 0 Å². The van der Waals surface area contributed by atoms with Gasteiger partial charge in [-0.15, -0.1) is 0 Å². The largest absolute Gasteiger partial charge is 0.418 e. The number of hydrogen-bond donors (Lipinski definition) is 1. The highest BCUT2D eigenvalue weighted by molar-refractivity contribution is 5.57. The molecule has 0 unspecified atom stereocenters. The molecule has 0 atom stereocenters. The van der Waals surface area contributed by atoms with E-state index in [1.165, 1.54) is 26.0 Å². The normalized spacial score (nSPS) is 17.4. The van der Waals surface area contributed by atoms with Gasteiger partial charge >= 0.3 is 6.18 Å². The molecule has 0 aliphatic carbocycles. The van der Waals surface area contributed by atoms with Crippen LogP contribution in [0.5, 0.6) is 0 Å². The van der Waals surface area contributed by atoms with Gasteiger partial charge in [0, 0.05) is 31.9 Å². The number of alkyl halides is 4. The molecule has 0 spiro atoms. The third-order valence-electron chi connectivity index (χ3n) is 3.45. The number of hydrogen-bond acceptors (Lipinski definition) is 2. The molecule has 0 radical (unpaired) electrons. The van der Waals surface area contributed by atoms with Crippen molar-refractivity contribution >= 4 is 5.69 Å². The molecule has 1 N–H and O–H groups in total. The van der Waals surface area contributed by atoms with Gasteiger partial charge in [0.05, 0.1) is 5.56 Å². The fourth-order valence-corrected chi connectivity index (χ4v) is 2.31. The van der Waals surface area contributed by atoms with Crippen LogP contribution in [0.25, 0.3) is 0 Å². The number of benzene rings is 1. The van der Waals surface area contributed by atoms with Crippen molar-refractivity contribution in [3.63, 3.8) is 0 Å². The minimum absolute atomic E-state index is 0.0451. The van der Waals surface area contributed by atoms with E-state index in [1.54, 1.807) is 4.90 Å². The van der Waals surface area contributed by atoms with Gasteiger partial charge in [-0.1, -0.05) is 6.07 Å². The summed E-state index contributed by atoms with van der Waals surface area (Å²) < 4.78 is 53.5. The fourth-order valence-electron chi connectivity index (χ4n) is 2.31. The van der Waals surface area contributed by atoms with E-state index in [4.69, 9.17) is 0 Å². The molecule has 1 aliphatic heterocycles. The minimum Gasteiger partial charge on any atom is -0.368 e. The van der Waals surface area contributed by atoms with Crippen LogP contribution >= 0.6 is 0 Å². The van der Waals surface area contributed by atoms with Crippen molar-refractivity contribution in [2.24, 2.45) is 0 Å². The van der Waals surface area contributed by atoms with Crippen molar-refractivity contribution in [1.29, 1.82) is 0 Å². The first-order valence-electron chi connectivity index (χ1n) is 6.56. The van der Waals surface area contributed by atoms with Crippen LogP contribution in [0, 0.1) is 0 Å². The van der Waals surface area contributed by atoms with Gasteiger partial charge in [-0.25, -0.2) is 4.39 Å².